The molecule has 0 spiro atoms. The number of alkyl halides is 3. The Morgan fingerprint density at radius 1 is 1.18 bits per heavy atom. The van der Waals surface area contributed by atoms with Crippen molar-refractivity contribution >= 4 is 6.03 Å². The number of rotatable bonds is 4. The number of urea groups is 1. The zero-order valence-corrected chi connectivity index (χ0v) is 13.5. The predicted octanol–water partition coefficient (Wildman–Crippen LogP) is 3.20. The lowest BCUT2D eigenvalue weighted by molar-refractivity contribution is -0.182. The molecule has 1 aliphatic carbocycles. The highest BCUT2D eigenvalue weighted by atomic mass is 19.4. The first-order chi connectivity index (χ1) is 10.0. The van der Waals surface area contributed by atoms with Gasteiger partial charge in [-0.25, -0.2) is 4.79 Å². The Labute approximate surface area is 129 Å². The summed E-state index contributed by atoms with van der Waals surface area (Å²) < 4.78 is 37.7. The molecule has 0 aromatic carbocycles. The molecule has 2 amide bonds. The molecule has 0 aliphatic heterocycles. The van der Waals surface area contributed by atoms with Crippen LogP contribution in [0, 0.1) is 11.3 Å². The van der Waals surface area contributed by atoms with Crippen molar-refractivity contribution in [3.8, 4) is 0 Å². The van der Waals surface area contributed by atoms with Gasteiger partial charge in [0.15, 0.2) is 0 Å². The molecule has 1 atom stereocenters. The van der Waals surface area contributed by atoms with Crippen LogP contribution in [0.2, 0.25) is 0 Å². The minimum atomic E-state index is -4.14. The Morgan fingerprint density at radius 3 is 2.14 bits per heavy atom. The molecule has 1 saturated carbocycles. The van der Waals surface area contributed by atoms with Crippen molar-refractivity contribution in [2.75, 3.05) is 6.61 Å². The molecule has 1 aliphatic rings. The highest BCUT2D eigenvalue weighted by molar-refractivity contribution is 5.74. The van der Waals surface area contributed by atoms with Crippen molar-refractivity contribution in [3.63, 3.8) is 0 Å². The van der Waals surface area contributed by atoms with E-state index in [-0.39, 0.29) is 36.9 Å². The minimum Gasteiger partial charge on any atom is -0.394 e. The molecule has 0 bridgehead atoms. The summed E-state index contributed by atoms with van der Waals surface area (Å²) in [5, 5.41) is 14.7. The third-order valence-electron chi connectivity index (χ3n) is 3.94. The average Bonchev–Trinajstić information content (AvgIpc) is 2.35. The van der Waals surface area contributed by atoms with Gasteiger partial charge in [0.2, 0.25) is 0 Å². The monoisotopic (exact) mass is 324 g/mol. The fourth-order valence-electron chi connectivity index (χ4n) is 2.88. The smallest absolute Gasteiger partial charge is 0.391 e. The van der Waals surface area contributed by atoms with Crippen molar-refractivity contribution in [2.45, 2.75) is 71.1 Å². The second-order valence-corrected chi connectivity index (χ2v) is 7.35. The summed E-state index contributed by atoms with van der Waals surface area (Å²) in [6.45, 7) is 5.86. The van der Waals surface area contributed by atoms with Gasteiger partial charge < -0.3 is 15.7 Å². The fourth-order valence-corrected chi connectivity index (χ4v) is 2.88. The van der Waals surface area contributed by atoms with Crippen LogP contribution in [0.1, 0.15) is 52.9 Å². The maximum absolute atomic E-state index is 12.6. The lowest BCUT2D eigenvalue weighted by atomic mass is 9.85. The van der Waals surface area contributed by atoms with Crippen LogP contribution in [-0.4, -0.2) is 36.0 Å². The molecule has 22 heavy (non-hydrogen) atoms. The van der Waals surface area contributed by atoms with Crippen molar-refractivity contribution < 1.29 is 23.1 Å². The van der Waals surface area contributed by atoms with Gasteiger partial charge in [0.05, 0.1) is 18.6 Å². The van der Waals surface area contributed by atoms with Crippen molar-refractivity contribution in [1.29, 1.82) is 0 Å². The predicted molar refractivity (Wildman–Crippen MR) is 78.4 cm³/mol. The van der Waals surface area contributed by atoms with Crippen LogP contribution in [-0.2, 0) is 0 Å². The van der Waals surface area contributed by atoms with Crippen molar-refractivity contribution in [2.24, 2.45) is 11.3 Å². The van der Waals surface area contributed by atoms with E-state index < -0.39 is 18.1 Å². The third kappa shape index (κ3) is 6.85. The van der Waals surface area contributed by atoms with E-state index in [0.717, 1.165) is 0 Å². The number of hydrogen-bond acceptors (Lipinski definition) is 2. The van der Waals surface area contributed by atoms with Crippen LogP contribution < -0.4 is 10.6 Å². The van der Waals surface area contributed by atoms with Gasteiger partial charge in [-0.1, -0.05) is 20.8 Å². The van der Waals surface area contributed by atoms with Gasteiger partial charge in [-0.3, -0.25) is 0 Å². The standard InChI is InChI=1S/C15H27F3N2O2/c1-14(2,3)8-12(9-21)20-13(22)19-11-6-4-10(5-7-11)15(16,17)18/h10-12,21H,4-9H2,1-3H3,(H2,19,20,22). The molecule has 4 nitrogen and oxygen atoms in total. The summed E-state index contributed by atoms with van der Waals surface area (Å²) in [5.74, 6) is -1.25. The summed E-state index contributed by atoms with van der Waals surface area (Å²) in [7, 11) is 0. The van der Waals surface area contributed by atoms with Gasteiger partial charge in [-0.15, -0.1) is 0 Å². The van der Waals surface area contributed by atoms with Gasteiger partial charge in [0.1, 0.15) is 0 Å². The fraction of sp³-hybridized carbons (Fsp3) is 0.933. The average molecular weight is 324 g/mol. The van der Waals surface area contributed by atoms with Gasteiger partial charge in [0.25, 0.3) is 0 Å². The lowest BCUT2D eigenvalue weighted by Gasteiger charge is -2.31. The Balaban J connectivity index is 2.37. The number of carbonyl (C=O) groups excluding carboxylic acids is 1. The van der Waals surface area contributed by atoms with Crippen LogP contribution >= 0.6 is 0 Å². The van der Waals surface area contributed by atoms with E-state index in [4.69, 9.17) is 0 Å². The number of nitrogens with one attached hydrogen (secondary N) is 2. The second kappa shape index (κ2) is 7.53. The number of amides is 2. The van der Waals surface area contributed by atoms with E-state index in [1.807, 2.05) is 20.8 Å². The van der Waals surface area contributed by atoms with Crippen LogP contribution in [0.25, 0.3) is 0 Å². The first kappa shape index (κ1) is 19.1. The highest BCUT2D eigenvalue weighted by Crippen LogP contribution is 2.37. The van der Waals surface area contributed by atoms with Crippen LogP contribution in [0.15, 0.2) is 0 Å². The molecule has 0 saturated heterocycles. The summed E-state index contributed by atoms with van der Waals surface area (Å²) in [6, 6.07) is -1.00. The van der Waals surface area contributed by atoms with E-state index >= 15 is 0 Å². The van der Waals surface area contributed by atoms with E-state index in [1.165, 1.54) is 0 Å². The quantitative estimate of drug-likeness (QED) is 0.744. The third-order valence-corrected chi connectivity index (χ3v) is 3.94. The summed E-state index contributed by atoms with van der Waals surface area (Å²) in [6.07, 6.45) is -2.74. The Morgan fingerprint density at radius 2 is 1.73 bits per heavy atom. The van der Waals surface area contributed by atoms with E-state index in [2.05, 4.69) is 10.6 Å². The SMILES string of the molecule is CC(C)(C)CC(CO)NC(=O)NC1CCC(C(F)(F)F)CC1. The molecule has 1 fully saturated rings. The van der Waals surface area contributed by atoms with Crippen LogP contribution in [0.3, 0.4) is 0 Å². The van der Waals surface area contributed by atoms with E-state index in [0.29, 0.717) is 19.3 Å². The Hall–Kier alpha value is -0.980. The van der Waals surface area contributed by atoms with E-state index in [9.17, 15) is 23.1 Å². The largest absolute Gasteiger partial charge is 0.394 e. The van der Waals surface area contributed by atoms with Crippen molar-refractivity contribution in [3.05, 3.63) is 0 Å². The number of aliphatic hydroxyl groups is 1. The first-order valence-corrected chi connectivity index (χ1v) is 7.76. The van der Waals surface area contributed by atoms with Crippen LogP contribution in [0.5, 0.6) is 0 Å². The number of carbonyl (C=O) groups is 1. The summed E-state index contributed by atoms with van der Waals surface area (Å²) in [5.41, 5.74) is -0.0363. The number of halogens is 3. The molecule has 0 aromatic rings. The second-order valence-electron chi connectivity index (χ2n) is 7.35. The molecular formula is C15H27F3N2O2. The Kier molecular flexibility index (Phi) is 6.52. The molecule has 3 N–H and O–H groups in total. The molecule has 0 heterocycles. The minimum absolute atomic E-state index is 0.0363. The van der Waals surface area contributed by atoms with Gasteiger partial charge in [-0.05, 0) is 37.5 Å². The normalized spacial score (nSPS) is 24.7. The topological polar surface area (TPSA) is 61.4 Å². The molecule has 7 heteroatoms. The number of aliphatic hydroxyl groups excluding tert-OH is 1. The zero-order valence-electron chi connectivity index (χ0n) is 13.5. The maximum Gasteiger partial charge on any atom is 0.391 e. The first-order valence-electron chi connectivity index (χ1n) is 7.76. The molecular weight excluding hydrogens is 297 g/mol. The molecule has 130 valence electrons. The lowest BCUT2D eigenvalue weighted by Crippen LogP contribution is -2.49. The van der Waals surface area contributed by atoms with Gasteiger partial charge in [0, 0.05) is 6.04 Å². The van der Waals surface area contributed by atoms with Crippen molar-refractivity contribution in [1.82, 2.24) is 10.6 Å². The molecule has 1 unspecified atom stereocenters. The molecule has 0 aromatic heterocycles. The highest BCUT2D eigenvalue weighted by Gasteiger charge is 2.41. The number of hydrogen-bond donors (Lipinski definition) is 3. The zero-order chi connectivity index (χ0) is 17.0. The van der Waals surface area contributed by atoms with Crippen LogP contribution in [0.4, 0.5) is 18.0 Å². The molecule has 0 radical (unpaired) electrons. The summed E-state index contributed by atoms with van der Waals surface area (Å²) >= 11 is 0. The molecule has 1 rings (SSSR count). The summed E-state index contributed by atoms with van der Waals surface area (Å²) in [4.78, 5) is 11.9. The van der Waals surface area contributed by atoms with Gasteiger partial charge >= 0.3 is 12.2 Å². The maximum atomic E-state index is 12.6. The Bertz CT molecular complexity index is 359. The van der Waals surface area contributed by atoms with Gasteiger partial charge in [-0.2, -0.15) is 13.2 Å². The van der Waals surface area contributed by atoms with E-state index in [1.54, 1.807) is 0 Å².